The second-order valence-electron chi connectivity index (χ2n) is 7.57. The molecule has 1 saturated carbocycles. The fourth-order valence-corrected chi connectivity index (χ4v) is 4.46. The van der Waals surface area contributed by atoms with Gasteiger partial charge < -0.3 is 15.3 Å². The second-order valence-corrected chi connectivity index (χ2v) is 7.57. The predicted molar refractivity (Wildman–Crippen MR) is 94.9 cm³/mol. The molecule has 1 aromatic rings. The Morgan fingerprint density at radius 1 is 1.27 bits per heavy atom. The van der Waals surface area contributed by atoms with Crippen molar-refractivity contribution in [1.82, 2.24) is 20.0 Å². The van der Waals surface area contributed by atoms with Gasteiger partial charge in [0, 0.05) is 31.8 Å². The first-order chi connectivity index (χ1) is 12.6. The van der Waals surface area contributed by atoms with Crippen LogP contribution in [0.25, 0.3) is 0 Å². The molecule has 1 aromatic heterocycles. The zero-order valence-electron chi connectivity index (χ0n) is 14.9. The highest BCUT2D eigenvalue weighted by atomic mass is 16.3. The van der Waals surface area contributed by atoms with E-state index in [0.717, 1.165) is 24.2 Å². The number of aromatic nitrogens is 2. The Morgan fingerprint density at radius 2 is 2.15 bits per heavy atom. The van der Waals surface area contributed by atoms with Crippen LogP contribution in [-0.4, -0.2) is 51.3 Å². The number of rotatable bonds is 6. The quantitative estimate of drug-likeness (QED) is 0.724. The van der Waals surface area contributed by atoms with Crippen LogP contribution in [-0.2, 0) is 29.1 Å². The van der Waals surface area contributed by atoms with Crippen molar-refractivity contribution in [2.75, 3.05) is 19.7 Å². The maximum atomic E-state index is 12.9. The Labute approximate surface area is 153 Å². The molecule has 2 N–H and O–H groups in total. The Kier molecular flexibility index (Phi) is 4.80. The Morgan fingerprint density at radius 3 is 2.88 bits per heavy atom. The number of aliphatic hydroxyl groups is 1. The predicted octanol–water partition coefficient (Wildman–Crippen LogP) is 0.479. The minimum absolute atomic E-state index is 0.0488. The monoisotopic (exact) mass is 358 g/mol. The zero-order chi connectivity index (χ0) is 18.1. The zero-order valence-corrected chi connectivity index (χ0v) is 14.9. The molecule has 2 aliphatic carbocycles. The highest BCUT2D eigenvalue weighted by Gasteiger charge is 2.42. The first kappa shape index (κ1) is 17.3. The number of nitrogens with one attached hydrogen (secondary N) is 1. The molecule has 0 unspecified atom stereocenters. The summed E-state index contributed by atoms with van der Waals surface area (Å²) < 4.78 is 1.96. The van der Waals surface area contributed by atoms with E-state index in [1.807, 2.05) is 15.6 Å². The second kappa shape index (κ2) is 7.23. The SMILES string of the molecule is O=C(CCc1cc2n(n1)CCN(C(=O)[C@@H]1C[C@@H]3C=C[C@H]1C3)C2)NCCO. The van der Waals surface area contributed by atoms with Crippen molar-refractivity contribution in [3.05, 3.63) is 29.6 Å². The molecular formula is C19H26N4O3. The van der Waals surface area contributed by atoms with Gasteiger partial charge in [0.05, 0.1) is 31.1 Å². The van der Waals surface area contributed by atoms with Gasteiger partial charge in [0.1, 0.15) is 0 Å². The van der Waals surface area contributed by atoms with Gasteiger partial charge in [0.25, 0.3) is 0 Å². The molecule has 0 saturated heterocycles. The van der Waals surface area contributed by atoms with Crippen LogP contribution in [0.3, 0.4) is 0 Å². The lowest BCUT2D eigenvalue weighted by Gasteiger charge is -2.31. The van der Waals surface area contributed by atoms with Gasteiger partial charge in [0.15, 0.2) is 0 Å². The van der Waals surface area contributed by atoms with E-state index in [1.165, 1.54) is 0 Å². The van der Waals surface area contributed by atoms with Crippen LogP contribution in [0.5, 0.6) is 0 Å². The van der Waals surface area contributed by atoms with Crippen LogP contribution in [0.15, 0.2) is 18.2 Å². The minimum atomic E-state index is -0.0776. The maximum absolute atomic E-state index is 12.9. The van der Waals surface area contributed by atoms with Crippen LogP contribution in [0.1, 0.15) is 30.7 Å². The highest BCUT2D eigenvalue weighted by molar-refractivity contribution is 5.80. The molecule has 140 valence electrons. The topological polar surface area (TPSA) is 87.5 Å². The summed E-state index contributed by atoms with van der Waals surface area (Å²) in [6, 6.07) is 2.01. The first-order valence-corrected chi connectivity index (χ1v) is 9.54. The summed E-state index contributed by atoms with van der Waals surface area (Å²) in [6.07, 6.45) is 7.57. The molecule has 0 aromatic carbocycles. The standard InChI is InChI=1S/C19H26N4O3/c24-8-5-20-18(25)4-3-15-11-16-12-22(6-7-23(16)21-15)19(26)17-10-13-1-2-14(17)9-13/h1-2,11,13-14,17,24H,3-10,12H2,(H,20,25)/t13-,14+,17-/m1/s1. The fraction of sp³-hybridized carbons (Fsp3) is 0.632. The van der Waals surface area contributed by atoms with E-state index in [2.05, 4.69) is 22.6 Å². The number of aliphatic hydroxyl groups excluding tert-OH is 1. The number of aryl methyl sites for hydroxylation is 1. The Hall–Kier alpha value is -2.15. The number of carbonyl (C=O) groups is 2. The van der Waals surface area contributed by atoms with Gasteiger partial charge in [-0.15, -0.1) is 0 Å². The molecule has 3 aliphatic rings. The van der Waals surface area contributed by atoms with Crippen molar-refractivity contribution in [1.29, 1.82) is 0 Å². The van der Waals surface area contributed by atoms with Gasteiger partial charge in [-0.05, 0) is 30.7 Å². The first-order valence-electron chi connectivity index (χ1n) is 9.54. The number of hydrogen-bond donors (Lipinski definition) is 2. The lowest BCUT2D eigenvalue weighted by molar-refractivity contribution is -0.138. The molecule has 1 fully saturated rings. The largest absolute Gasteiger partial charge is 0.395 e. The molecule has 2 amide bonds. The van der Waals surface area contributed by atoms with Crippen molar-refractivity contribution < 1.29 is 14.7 Å². The molecule has 1 aliphatic heterocycles. The number of hydrogen-bond acceptors (Lipinski definition) is 4. The number of amides is 2. The smallest absolute Gasteiger partial charge is 0.226 e. The summed E-state index contributed by atoms with van der Waals surface area (Å²) in [5.74, 6) is 1.42. The van der Waals surface area contributed by atoms with Gasteiger partial charge in [-0.25, -0.2) is 0 Å². The third-order valence-corrected chi connectivity index (χ3v) is 5.80. The third kappa shape index (κ3) is 3.40. The molecule has 2 heterocycles. The van der Waals surface area contributed by atoms with Crippen molar-refractivity contribution >= 4 is 11.8 Å². The van der Waals surface area contributed by atoms with Crippen molar-refractivity contribution in [3.8, 4) is 0 Å². The van der Waals surface area contributed by atoms with E-state index >= 15 is 0 Å². The van der Waals surface area contributed by atoms with Gasteiger partial charge in [-0.1, -0.05) is 12.2 Å². The summed E-state index contributed by atoms with van der Waals surface area (Å²) >= 11 is 0. The van der Waals surface area contributed by atoms with Crippen molar-refractivity contribution in [2.45, 2.75) is 38.8 Å². The van der Waals surface area contributed by atoms with E-state index in [-0.39, 0.29) is 25.0 Å². The molecule has 3 atom stereocenters. The molecule has 7 nitrogen and oxygen atoms in total. The van der Waals surface area contributed by atoms with Gasteiger partial charge in [-0.2, -0.15) is 5.10 Å². The Balaban J connectivity index is 1.34. The molecule has 2 bridgehead atoms. The van der Waals surface area contributed by atoms with Crippen LogP contribution < -0.4 is 5.32 Å². The molecule has 0 radical (unpaired) electrons. The van der Waals surface area contributed by atoms with Gasteiger partial charge in [0.2, 0.25) is 11.8 Å². The maximum Gasteiger partial charge on any atom is 0.226 e. The molecule has 0 spiro atoms. The Bertz CT molecular complexity index is 726. The van der Waals surface area contributed by atoms with Crippen LogP contribution >= 0.6 is 0 Å². The number of carbonyl (C=O) groups excluding carboxylic acids is 2. The molecular weight excluding hydrogens is 332 g/mol. The van der Waals surface area contributed by atoms with E-state index in [0.29, 0.717) is 50.2 Å². The molecule has 7 heteroatoms. The summed E-state index contributed by atoms with van der Waals surface area (Å²) in [5, 5.41) is 15.9. The summed E-state index contributed by atoms with van der Waals surface area (Å²) in [5.41, 5.74) is 1.94. The fourth-order valence-electron chi connectivity index (χ4n) is 4.46. The highest BCUT2D eigenvalue weighted by Crippen LogP contribution is 2.44. The van der Waals surface area contributed by atoms with Crippen LogP contribution in [0.2, 0.25) is 0 Å². The number of fused-ring (bicyclic) bond motifs is 3. The normalized spacial score (nSPS) is 26.2. The average Bonchev–Trinajstić information content (AvgIpc) is 3.37. The van der Waals surface area contributed by atoms with Gasteiger partial charge in [-0.3, -0.25) is 14.3 Å². The third-order valence-electron chi connectivity index (χ3n) is 5.80. The molecule has 26 heavy (non-hydrogen) atoms. The minimum Gasteiger partial charge on any atom is -0.395 e. The summed E-state index contributed by atoms with van der Waals surface area (Å²) in [7, 11) is 0. The van der Waals surface area contributed by atoms with E-state index in [4.69, 9.17) is 5.11 Å². The van der Waals surface area contributed by atoms with E-state index < -0.39 is 0 Å². The van der Waals surface area contributed by atoms with Crippen molar-refractivity contribution in [2.24, 2.45) is 17.8 Å². The van der Waals surface area contributed by atoms with Crippen molar-refractivity contribution in [3.63, 3.8) is 0 Å². The summed E-state index contributed by atoms with van der Waals surface area (Å²) in [4.78, 5) is 26.5. The lowest BCUT2D eigenvalue weighted by atomic mass is 9.92. The van der Waals surface area contributed by atoms with Crippen LogP contribution in [0.4, 0.5) is 0 Å². The number of nitrogens with zero attached hydrogens (tertiary/aromatic N) is 3. The molecule has 4 rings (SSSR count). The van der Waals surface area contributed by atoms with Crippen LogP contribution in [0, 0.1) is 17.8 Å². The summed E-state index contributed by atoms with van der Waals surface area (Å²) in [6.45, 7) is 2.27. The lowest BCUT2D eigenvalue weighted by Crippen LogP contribution is -2.42. The van der Waals surface area contributed by atoms with Gasteiger partial charge >= 0.3 is 0 Å². The van der Waals surface area contributed by atoms with E-state index in [1.54, 1.807) is 0 Å². The average molecular weight is 358 g/mol. The van der Waals surface area contributed by atoms with E-state index in [9.17, 15) is 9.59 Å². The number of allylic oxidation sites excluding steroid dienone is 2.